The van der Waals surface area contributed by atoms with Crippen LogP contribution in [0.2, 0.25) is 0 Å². The Hall–Kier alpha value is -1.65. The molecule has 0 aromatic heterocycles. The Morgan fingerprint density at radius 1 is 1.12 bits per heavy atom. The van der Waals surface area contributed by atoms with Gasteiger partial charge in [0, 0.05) is 17.3 Å². The van der Waals surface area contributed by atoms with Gasteiger partial charge in [-0.05, 0) is 32.9 Å². The highest BCUT2D eigenvalue weighted by Crippen LogP contribution is 2.12. The molecule has 2 amide bonds. The van der Waals surface area contributed by atoms with E-state index in [0.717, 1.165) is 18.2 Å². The maximum atomic E-state index is 12.8. The Bertz CT molecular complexity index is 379. The molecule has 0 aliphatic heterocycles. The summed E-state index contributed by atoms with van der Waals surface area (Å²) < 4.78 is 25.6. The third-order valence-corrected chi connectivity index (χ3v) is 1.61. The SMILES string of the molecule is CC(C)(C)NC(=O)Nc1cc(F)cc(F)c1. The van der Waals surface area contributed by atoms with Crippen LogP contribution in [-0.2, 0) is 0 Å². The summed E-state index contributed by atoms with van der Waals surface area (Å²) in [7, 11) is 0. The van der Waals surface area contributed by atoms with Crippen molar-refractivity contribution in [1.82, 2.24) is 5.32 Å². The molecular formula is C11H14F2N2O. The summed E-state index contributed by atoms with van der Waals surface area (Å²) in [6.07, 6.45) is 0. The third-order valence-electron chi connectivity index (χ3n) is 1.61. The van der Waals surface area contributed by atoms with Gasteiger partial charge in [-0.25, -0.2) is 13.6 Å². The summed E-state index contributed by atoms with van der Waals surface area (Å²) in [4.78, 5) is 11.4. The summed E-state index contributed by atoms with van der Waals surface area (Å²) in [6.45, 7) is 5.41. The van der Waals surface area contributed by atoms with Crippen LogP contribution in [0.4, 0.5) is 19.3 Å². The summed E-state index contributed by atoms with van der Waals surface area (Å²) in [5, 5.41) is 4.96. The highest BCUT2D eigenvalue weighted by molar-refractivity contribution is 5.89. The molecule has 0 atom stereocenters. The molecule has 0 unspecified atom stereocenters. The van der Waals surface area contributed by atoms with Gasteiger partial charge < -0.3 is 10.6 Å². The van der Waals surface area contributed by atoms with E-state index in [1.807, 2.05) is 0 Å². The maximum absolute atomic E-state index is 12.8. The normalized spacial score (nSPS) is 11.1. The topological polar surface area (TPSA) is 41.1 Å². The Balaban J connectivity index is 2.70. The highest BCUT2D eigenvalue weighted by Gasteiger charge is 2.13. The molecule has 0 fully saturated rings. The van der Waals surface area contributed by atoms with Crippen molar-refractivity contribution in [3.8, 4) is 0 Å². The van der Waals surface area contributed by atoms with Gasteiger partial charge in [-0.3, -0.25) is 0 Å². The van der Waals surface area contributed by atoms with Crippen LogP contribution < -0.4 is 10.6 Å². The fourth-order valence-electron chi connectivity index (χ4n) is 1.13. The van der Waals surface area contributed by atoms with Gasteiger partial charge in [-0.15, -0.1) is 0 Å². The quantitative estimate of drug-likeness (QED) is 0.762. The Morgan fingerprint density at radius 2 is 1.62 bits per heavy atom. The van der Waals surface area contributed by atoms with E-state index in [-0.39, 0.29) is 5.69 Å². The monoisotopic (exact) mass is 228 g/mol. The van der Waals surface area contributed by atoms with Crippen molar-refractivity contribution in [2.75, 3.05) is 5.32 Å². The van der Waals surface area contributed by atoms with Gasteiger partial charge in [0.1, 0.15) is 11.6 Å². The average Bonchev–Trinajstić information content (AvgIpc) is 1.96. The highest BCUT2D eigenvalue weighted by atomic mass is 19.1. The summed E-state index contributed by atoms with van der Waals surface area (Å²) in [5.41, 5.74) is -0.324. The Kier molecular flexibility index (Phi) is 3.47. The second-order valence-electron chi connectivity index (χ2n) is 4.49. The molecule has 88 valence electrons. The van der Waals surface area contributed by atoms with E-state index in [4.69, 9.17) is 0 Å². The summed E-state index contributed by atoms with van der Waals surface area (Å²) in [5.74, 6) is -1.46. The molecule has 0 radical (unpaired) electrons. The predicted molar refractivity (Wildman–Crippen MR) is 58.3 cm³/mol. The van der Waals surface area contributed by atoms with E-state index in [1.54, 1.807) is 20.8 Å². The van der Waals surface area contributed by atoms with Crippen LogP contribution in [0.1, 0.15) is 20.8 Å². The molecular weight excluding hydrogens is 214 g/mol. The molecule has 2 N–H and O–H groups in total. The van der Waals surface area contributed by atoms with Gasteiger partial charge in [0.2, 0.25) is 0 Å². The number of hydrogen-bond donors (Lipinski definition) is 2. The number of carbonyl (C=O) groups excluding carboxylic acids is 1. The van der Waals surface area contributed by atoms with Crippen LogP contribution in [0.15, 0.2) is 18.2 Å². The number of nitrogens with one attached hydrogen (secondary N) is 2. The summed E-state index contributed by atoms with van der Waals surface area (Å²) >= 11 is 0. The molecule has 5 heteroatoms. The third kappa shape index (κ3) is 4.25. The van der Waals surface area contributed by atoms with Crippen molar-refractivity contribution in [2.45, 2.75) is 26.3 Å². The first-order valence-corrected chi connectivity index (χ1v) is 4.81. The zero-order valence-electron chi connectivity index (χ0n) is 9.40. The van der Waals surface area contributed by atoms with Crippen LogP contribution in [0, 0.1) is 11.6 Å². The van der Waals surface area contributed by atoms with Gasteiger partial charge in [0.25, 0.3) is 0 Å². The van der Waals surface area contributed by atoms with Gasteiger partial charge in [-0.1, -0.05) is 0 Å². The lowest BCUT2D eigenvalue weighted by atomic mass is 10.1. The fraction of sp³-hybridized carbons (Fsp3) is 0.364. The molecule has 1 aromatic rings. The molecule has 0 saturated carbocycles. The fourth-order valence-corrected chi connectivity index (χ4v) is 1.13. The molecule has 0 spiro atoms. The van der Waals surface area contributed by atoms with Crippen molar-refractivity contribution < 1.29 is 13.6 Å². The number of anilines is 1. The smallest absolute Gasteiger partial charge is 0.319 e. The zero-order valence-corrected chi connectivity index (χ0v) is 9.40. The first kappa shape index (κ1) is 12.4. The lowest BCUT2D eigenvalue weighted by molar-refractivity contribution is 0.244. The number of urea groups is 1. The Labute approximate surface area is 92.8 Å². The van der Waals surface area contributed by atoms with Gasteiger partial charge in [-0.2, -0.15) is 0 Å². The Morgan fingerprint density at radius 3 is 2.06 bits per heavy atom. The van der Waals surface area contributed by atoms with Crippen molar-refractivity contribution in [2.24, 2.45) is 0 Å². The second-order valence-corrected chi connectivity index (χ2v) is 4.49. The van der Waals surface area contributed by atoms with Crippen molar-refractivity contribution in [3.63, 3.8) is 0 Å². The van der Waals surface area contributed by atoms with Crippen LogP contribution in [0.25, 0.3) is 0 Å². The molecule has 1 rings (SSSR count). The second kappa shape index (κ2) is 4.47. The molecule has 16 heavy (non-hydrogen) atoms. The van der Waals surface area contributed by atoms with E-state index >= 15 is 0 Å². The largest absolute Gasteiger partial charge is 0.333 e. The van der Waals surface area contributed by atoms with Crippen LogP contribution >= 0.6 is 0 Å². The van der Waals surface area contributed by atoms with Gasteiger partial charge in [0.15, 0.2) is 0 Å². The zero-order chi connectivity index (χ0) is 12.3. The maximum Gasteiger partial charge on any atom is 0.319 e. The number of halogens is 2. The van der Waals surface area contributed by atoms with E-state index in [2.05, 4.69) is 10.6 Å². The number of hydrogen-bond acceptors (Lipinski definition) is 1. The van der Waals surface area contributed by atoms with E-state index in [0.29, 0.717) is 0 Å². The number of rotatable bonds is 1. The first-order valence-electron chi connectivity index (χ1n) is 4.81. The number of benzene rings is 1. The lowest BCUT2D eigenvalue weighted by Gasteiger charge is -2.20. The van der Waals surface area contributed by atoms with E-state index in [1.165, 1.54) is 0 Å². The number of carbonyl (C=O) groups is 1. The van der Waals surface area contributed by atoms with Crippen LogP contribution in [0.5, 0.6) is 0 Å². The first-order chi connectivity index (χ1) is 7.26. The minimum atomic E-state index is -0.731. The van der Waals surface area contributed by atoms with Crippen molar-refractivity contribution in [3.05, 3.63) is 29.8 Å². The minimum absolute atomic E-state index is 0.0826. The lowest BCUT2D eigenvalue weighted by Crippen LogP contribution is -2.43. The van der Waals surface area contributed by atoms with Crippen molar-refractivity contribution >= 4 is 11.7 Å². The van der Waals surface area contributed by atoms with E-state index < -0.39 is 23.2 Å². The average molecular weight is 228 g/mol. The minimum Gasteiger partial charge on any atom is -0.333 e. The van der Waals surface area contributed by atoms with Gasteiger partial charge in [0.05, 0.1) is 0 Å². The molecule has 3 nitrogen and oxygen atoms in total. The molecule has 0 bridgehead atoms. The molecule has 0 saturated heterocycles. The summed E-state index contributed by atoms with van der Waals surface area (Å²) in [6, 6.07) is 2.33. The molecule has 1 aromatic carbocycles. The molecule has 0 heterocycles. The number of amides is 2. The standard InChI is InChI=1S/C11H14F2N2O/c1-11(2,3)15-10(16)14-9-5-7(12)4-8(13)6-9/h4-6H,1-3H3,(H2,14,15,16). The van der Waals surface area contributed by atoms with Crippen LogP contribution in [0.3, 0.4) is 0 Å². The van der Waals surface area contributed by atoms with E-state index in [9.17, 15) is 13.6 Å². The van der Waals surface area contributed by atoms with Crippen LogP contribution in [-0.4, -0.2) is 11.6 Å². The van der Waals surface area contributed by atoms with Crippen molar-refractivity contribution in [1.29, 1.82) is 0 Å². The molecule has 0 aliphatic rings. The predicted octanol–water partition coefficient (Wildman–Crippen LogP) is 2.88. The molecule has 0 aliphatic carbocycles. The van der Waals surface area contributed by atoms with Gasteiger partial charge >= 0.3 is 6.03 Å².